The van der Waals surface area contributed by atoms with Crippen molar-refractivity contribution in [3.8, 4) is 0 Å². The predicted molar refractivity (Wildman–Crippen MR) is 76.8 cm³/mol. The number of nitrogens with zero attached hydrogens (tertiary/aromatic N) is 4. The van der Waals surface area contributed by atoms with Crippen LogP contribution in [0.4, 0.5) is 11.8 Å². The first-order valence-corrected chi connectivity index (χ1v) is 6.71. The number of amides is 1. The van der Waals surface area contributed by atoms with Gasteiger partial charge in [-0.2, -0.15) is 4.98 Å². The molecule has 7 heteroatoms. The minimum atomic E-state index is -0.594. The first-order chi connectivity index (χ1) is 9.49. The van der Waals surface area contributed by atoms with Crippen LogP contribution in [0.15, 0.2) is 6.07 Å². The Labute approximate surface area is 118 Å². The number of carbonyl (C=O) groups is 1. The Hall–Kier alpha value is -1.89. The minimum Gasteiger partial charge on any atom is -0.389 e. The first kappa shape index (κ1) is 14.5. The average molecular weight is 279 g/mol. The smallest absolute Gasteiger partial charge is 0.227 e. The molecule has 0 saturated carbocycles. The average Bonchev–Trinajstić information content (AvgIpc) is 2.60. The van der Waals surface area contributed by atoms with Crippen LogP contribution >= 0.6 is 0 Å². The van der Waals surface area contributed by atoms with Gasteiger partial charge in [-0.3, -0.25) is 4.79 Å². The number of anilines is 2. The van der Waals surface area contributed by atoms with Crippen molar-refractivity contribution >= 4 is 17.7 Å². The molecule has 0 aromatic carbocycles. The standard InChI is InChI=1S/C13H21N5O2/c1-9-6-12(14-3)16-13(15-9)18-5-4-17(10(2)19)7-11(20)8-18/h6,11,20H,4-5,7-8H2,1-3H3,(H,14,15,16). The Morgan fingerprint density at radius 3 is 2.80 bits per heavy atom. The zero-order chi connectivity index (χ0) is 14.7. The highest BCUT2D eigenvalue weighted by molar-refractivity contribution is 5.73. The molecule has 20 heavy (non-hydrogen) atoms. The van der Waals surface area contributed by atoms with Gasteiger partial charge in [-0.15, -0.1) is 0 Å². The highest BCUT2D eigenvalue weighted by atomic mass is 16.3. The Bertz CT molecular complexity index is 494. The van der Waals surface area contributed by atoms with Gasteiger partial charge in [0, 0.05) is 51.9 Å². The lowest BCUT2D eigenvalue weighted by molar-refractivity contribution is -0.129. The summed E-state index contributed by atoms with van der Waals surface area (Å²) in [5.74, 6) is 1.31. The second-order valence-electron chi connectivity index (χ2n) is 5.01. The summed E-state index contributed by atoms with van der Waals surface area (Å²) in [7, 11) is 1.81. The Balaban J connectivity index is 2.20. The molecular formula is C13H21N5O2. The number of nitrogens with one attached hydrogen (secondary N) is 1. The fourth-order valence-corrected chi connectivity index (χ4v) is 2.28. The predicted octanol–water partition coefficient (Wildman–Crippen LogP) is -0.144. The third-order valence-corrected chi connectivity index (χ3v) is 3.33. The fourth-order valence-electron chi connectivity index (χ4n) is 2.28. The monoisotopic (exact) mass is 279 g/mol. The summed E-state index contributed by atoms with van der Waals surface area (Å²) in [6, 6.07) is 1.86. The van der Waals surface area contributed by atoms with Crippen molar-refractivity contribution in [1.29, 1.82) is 0 Å². The van der Waals surface area contributed by atoms with E-state index in [0.717, 1.165) is 11.5 Å². The molecule has 7 nitrogen and oxygen atoms in total. The summed E-state index contributed by atoms with van der Waals surface area (Å²) in [6.45, 7) is 5.39. The van der Waals surface area contributed by atoms with Crippen LogP contribution < -0.4 is 10.2 Å². The molecule has 1 atom stereocenters. The number of aliphatic hydroxyl groups is 1. The summed E-state index contributed by atoms with van der Waals surface area (Å²) in [6.07, 6.45) is -0.594. The summed E-state index contributed by atoms with van der Waals surface area (Å²) < 4.78 is 0. The number of β-amino-alcohol motifs (C(OH)–C–C–N with tert-alkyl or cyclic N) is 1. The Kier molecular flexibility index (Phi) is 4.39. The molecule has 0 spiro atoms. The highest BCUT2D eigenvalue weighted by Crippen LogP contribution is 2.15. The number of hydrogen-bond donors (Lipinski definition) is 2. The molecule has 2 N–H and O–H groups in total. The largest absolute Gasteiger partial charge is 0.389 e. The molecule has 0 aliphatic carbocycles. The van der Waals surface area contributed by atoms with Crippen LogP contribution in [0.2, 0.25) is 0 Å². The zero-order valence-electron chi connectivity index (χ0n) is 12.1. The van der Waals surface area contributed by atoms with Gasteiger partial charge in [0.2, 0.25) is 11.9 Å². The van der Waals surface area contributed by atoms with Gasteiger partial charge in [0.25, 0.3) is 0 Å². The van der Waals surface area contributed by atoms with Crippen LogP contribution in [0.3, 0.4) is 0 Å². The molecule has 110 valence electrons. The topological polar surface area (TPSA) is 81.6 Å². The second kappa shape index (κ2) is 6.04. The van der Waals surface area contributed by atoms with Gasteiger partial charge < -0.3 is 20.2 Å². The first-order valence-electron chi connectivity index (χ1n) is 6.71. The molecular weight excluding hydrogens is 258 g/mol. The van der Waals surface area contributed by atoms with Crippen LogP contribution in [0.5, 0.6) is 0 Å². The summed E-state index contributed by atoms with van der Waals surface area (Å²) in [5.41, 5.74) is 0.863. The lowest BCUT2D eigenvalue weighted by atomic mass is 10.3. The molecule has 1 aliphatic heterocycles. The third-order valence-electron chi connectivity index (χ3n) is 3.33. The van der Waals surface area contributed by atoms with Crippen molar-refractivity contribution < 1.29 is 9.90 Å². The molecule has 1 aromatic rings. The molecule has 1 aliphatic rings. The molecule has 2 heterocycles. The van der Waals surface area contributed by atoms with Gasteiger partial charge >= 0.3 is 0 Å². The van der Waals surface area contributed by atoms with E-state index in [9.17, 15) is 9.90 Å². The van der Waals surface area contributed by atoms with E-state index in [1.165, 1.54) is 6.92 Å². The number of hydrogen-bond acceptors (Lipinski definition) is 6. The lowest BCUT2D eigenvalue weighted by Gasteiger charge is -2.22. The molecule has 2 rings (SSSR count). The van der Waals surface area contributed by atoms with Crippen LogP contribution in [-0.4, -0.2) is 65.2 Å². The molecule has 1 aromatic heterocycles. The molecule has 0 radical (unpaired) electrons. The summed E-state index contributed by atoms with van der Waals surface area (Å²) >= 11 is 0. The van der Waals surface area contributed by atoms with Crippen LogP contribution in [-0.2, 0) is 4.79 Å². The Morgan fingerprint density at radius 1 is 1.40 bits per heavy atom. The minimum absolute atomic E-state index is 0.0213. The van der Waals surface area contributed by atoms with E-state index >= 15 is 0 Å². The second-order valence-corrected chi connectivity index (χ2v) is 5.01. The molecule has 1 saturated heterocycles. The third kappa shape index (κ3) is 3.36. The molecule has 1 fully saturated rings. The quantitative estimate of drug-likeness (QED) is 0.784. The van der Waals surface area contributed by atoms with Crippen molar-refractivity contribution in [3.63, 3.8) is 0 Å². The van der Waals surface area contributed by atoms with Crippen molar-refractivity contribution in [1.82, 2.24) is 14.9 Å². The maximum absolute atomic E-state index is 11.4. The summed E-state index contributed by atoms with van der Waals surface area (Å²) in [4.78, 5) is 23.8. The summed E-state index contributed by atoms with van der Waals surface area (Å²) in [5, 5.41) is 13.0. The van der Waals surface area contributed by atoms with E-state index in [0.29, 0.717) is 32.1 Å². The normalized spacial score (nSPS) is 19.7. The highest BCUT2D eigenvalue weighted by Gasteiger charge is 2.24. The number of aliphatic hydroxyl groups excluding tert-OH is 1. The maximum Gasteiger partial charge on any atom is 0.227 e. The van der Waals surface area contributed by atoms with Crippen LogP contribution in [0.1, 0.15) is 12.6 Å². The van der Waals surface area contributed by atoms with Gasteiger partial charge in [-0.25, -0.2) is 4.98 Å². The van der Waals surface area contributed by atoms with Gasteiger partial charge in [0.05, 0.1) is 6.10 Å². The number of carbonyl (C=O) groups excluding carboxylic acids is 1. The zero-order valence-corrected chi connectivity index (χ0v) is 12.1. The van der Waals surface area contributed by atoms with E-state index in [1.807, 2.05) is 17.9 Å². The van der Waals surface area contributed by atoms with Crippen molar-refractivity contribution in [2.45, 2.75) is 20.0 Å². The van der Waals surface area contributed by atoms with Crippen molar-refractivity contribution in [2.75, 3.05) is 43.4 Å². The van der Waals surface area contributed by atoms with Gasteiger partial charge in [-0.05, 0) is 6.92 Å². The van der Waals surface area contributed by atoms with Crippen LogP contribution in [0.25, 0.3) is 0 Å². The SMILES string of the molecule is CNc1cc(C)nc(N2CCN(C(C)=O)CC(O)C2)n1. The van der Waals surface area contributed by atoms with E-state index in [-0.39, 0.29) is 5.91 Å². The molecule has 1 amide bonds. The molecule has 1 unspecified atom stereocenters. The van der Waals surface area contributed by atoms with Gasteiger partial charge in [0.15, 0.2) is 0 Å². The van der Waals surface area contributed by atoms with Crippen LogP contribution in [0, 0.1) is 6.92 Å². The maximum atomic E-state index is 11.4. The fraction of sp³-hybridized carbons (Fsp3) is 0.615. The molecule has 0 bridgehead atoms. The van der Waals surface area contributed by atoms with E-state index in [1.54, 1.807) is 11.9 Å². The Morgan fingerprint density at radius 2 is 2.15 bits per heavy atom. The van der Waals surface area contributed by atoms with Crippen molar-refractivity contribution in [3.05, 3.63) is 11.8 Å². The lowest BCUT2D eigenvalue weighted by Crippen LogP contribution is -2.36. The van der Waals surface area contributed by atoms with Gasteiger partial charge in [0.1, 0.15) is 5.82 Å². The van der Waals surface area contributed by atoms with E-state index in [4.69, 9.17) is 0 Å². The number of aryl methyl sites for hydroxylation is 1. The number of rotatable bonds is 2. The number of aromatic nitrogens is 2. The van der Waals surface area contributed by atoms with Crippen molar-refractivity contribution in [2.24, 2.45) is 0 Å². The van der Waals surface area contributed by atoms with E-state index < -0.39 is 6.10 Å². The van der Waals surface area contributed by atoms with E-state index in [2.05, 4.69) is 15.3 Å². The van der Waals surface area contributed by atoms with Gasteiger partial charge in [-0.1, -0.05) is 0 Å².